The smallest absolute Gasteiger partial charge is 0.306 e. The number of halogens is 4. The van der Waals surface area contributed by atoms with Crippen LogP contribution in [0, 0.1) is 6.92 Å². The van der Waals surface area contributed by atoms with Crippen molar-refractivity contribution in [3.05, 3.63) is 88.6 Å². The van der Waals surface area contributed by atoms with Gasteiger partial charge in [-0.05, 0) is 53.4 Å². The first-order valence-electron chi connectivity index (χ1n) is 9.58. The minimum absolute atomic E-state index is 0.163. The Bertz CT molecular complexity index is 1340. The van der Waals surface area contributed by atoms with Gasteiger partial charge in [-0.15, -0.1) is 0 Å². The summed E-state index contributed by atoms with van der Waals surface area (Å²) in [6.07, 6.45) is -4.56. The van der Waals surface area contributed by atoms with E-state index in [1.807, 2.05) is 30.3 Å². The van der Waals surface area contributed by atoms with Gasteiger partial charge < -0.3 is 4.55 Å². The molecule has 1 aromatic heterocycles. The summed E-state index contributed by atoms with van der Waals surface area (Å²) in [6.45, 7) is 1.62. The number of hydrogen-bond acceptors (Lipinski definition) is 2. The predicted molar refractivity (Wildman–Crippen MR) is 122 cm³/mol. The first-order valence-corrected chi connectivity index (χ1v) is 11.2. The van der Waals surface area contributed by atoms with Crippen LogP contribution in [-0.4, -0.2) is 13.7 Å². The molecule has 0 spiro atoms. The molecule has 32 heavy (non-hydrogen) atoms. The molecular weight excluding hydrogens is 459 g/mol. The van der Waals surface area contributed by atoms with E-state index in [0.717, 1.165) is 17.2 Å². The third kappa shape index (κ3) is 4.41. The third-order valence-electron chi connectivity index (χ3n) is 5.10. The summed E-state index contributed by atoms with van der Waals surface area (Å²) in [4.78, 5) is 4.16. The summed E-state index contributed by atoms with van der Waals surface area (Å²) in [6, 6.07) is 18.4. The van der Waals surface area contributed by atoms with Gasteiger partial charge in [-0.1, -0.05) is 54.1 Å². The van der Waals surface area contributed by atoms with Crippen LogP contribution >= 0.6 is 11.6 Å². The van der Waals surface area contributed by atoms with Crippen LogP contribution in [0.2, 0.25) is 5.02 Å². The quantitative estimate of drug-likeness (QED) is 0.316. The van der Waals surface area contributed by atoms with Gasteiger partial charge in [0.25, 0.3) is 0 Å². The second-order valence-corrected chi connectivity index (χ2v) is 8.65. The molecule has 0 saturated carbocycles. The molecule has 164 valence electrons. The van der Waals surface area contributed by atoms with Crippen LogP contribution in [0.5, 0.6) is 0 Å². The molecule has 0 bridgehead atoms. The molecule has 1 unspecified atom stereocenters. The molecule has 8 heteroatoms. The monoisotopic (exact) mass is 475 g/mol. The molecule has 3 aromatic carbocycles. The van der Waals surface area contributed by atoms with Crippen LogP contribution in [0.25, 0.3) is 33.2 Å². The van der Waals surface area contributed by atoms with Gasteiger partial charge in [-0.2, -0.15) is 13.2 Å². The van der Waals surface area contributed by atoms with E-state index in [1.165, 1.54) is 6.07 Å². The van der Waals surface area contributed by atoms with E-state index >= 15 is 0 Å². The zero-order chi connectivity index (χ0) is 23.0. The van der Waals surface area contributed by atoms with Crippen LogP contribution in [0.1, 0.15) is 16.8 Å². The second-order valence-electron chi connectivity index (χ2n) is 7.34. The molecule has 0 aliphatic rings. The molecular formula is C24H17ClF3NO2S. The molecule has 0 aliphatic carbocycles. The molecule has 0 saturated heterocycles. The van der Waals surface area contributed by atoms with E-state index in [0.29, 0.717) is 27.8 Å². The lowest BCUT2D eigenvalue weighted by atomic mass is 9.93. The van der Waals surface area contributed by atoms with Crippen LogP contribution in [0.15, 0.2) is 66.7 Å². The Hall–Kier alpha value is -2.74. The minimum atomic E-state index is -4.56. The van der Waals surface area contributed by atoms with Gasteiger partial charge >= 0.3 is 6.18 Å². The average molecular weight is 476 g/mol. The number of benzene rings is 3. The lowest BCUT2D eigenvalue weighted by Crippen LogP contribution is -2.07. The molecule has 3 nitrogen and oxygen atoms in total. The van der Waals surface area contributed by atoms with E-state index < -0.39 is 22.8 Å². The van der Waals surface area contributed by atoms with Crippen molar-refractivity contribution in [2.75, 3.05) is 0 Å². The fourth-order valence-corrected chi connectivity index (χ4v) is 4.59. The topological polar surface area (TPSA) is 50.2 Å². The Balaban J connectivity index is 2.06. The number of alkyl halides is 3. The highest BCUT2D eigenvalue weighted by Crippen LogP contribution is 2.42. The number of fused-ring (bicyclic) bond motifs is 1. The number of nitrogens with zero attached hydrogens (tertiary/aromatic N) is 1. The minimum Gasteiger partial charge on any atom is -0.306 e. The first-order chi connectivity index (χ1) is 15.1. The maximum absolute atomic E-state index is 13.6. The van der Waals surface area contributed by atoms with E-state index in [4.69, 9.17) is 11.6 Å². The van der Waals surface area contributed by atoms with E-state index in [2.05, 4.69) is 4.98 Å². The van der Waals surface area contributed by atoms with Crippen molar-refractivity contribution >= 4 is 33.6 Å². The van der Waals surface area contributed by atoms with E-state index in [9.17, 15) is 21.9 Å². The number of pyridine rings is 1. The van der Waals surface area contributed by atoms with Gasteiger partial charge in [0.1, 0.15) is 0 Å². The van der Waals surface area contributed by atoms with Crippen LogP contribution in [-0.2, 0) is 23.0 Å². The zero-order valence-corrected chi connectivity index (χ0v) is 18.4. The highest BCUT2D eigenvalue weighted by Gasteiger charge is 2.33. The standard InChI is InChI=1S/C24H17ClF3NO2S/c1-14-10-19(18-8-5-9-21(23(18)29-14)24(26,27)28)20-12-16(15-6-3-2-4-7-15)11-17(22(20)25)13-32(30)31/h2-12H,13H2,1H3,(H,30,31). The van der Waals surface area contributed by atoms with Crippen molar-refractivity contribution in [1.29, 1.82) is 0 Å². The number of rotatable bonds is 4. The Morgan fingerprint density at radius 3 is 2.34 bits per heavy atom. The van der Waals surface area contributed by atoms with Crippen molar-refractivity contribution in [1.82, 2.24) is 4.98 Å². The van der Waals surface area contributed by atoms with Gasteiger partial charge in [-0.3, -0.25) is 4.98 Å². The number of aromatic nitrogens is 1. The number of aryl methyl sites for hydroxylation is 1. The molecule has 0 aliphatic heterocycles. The molecule has 0 radical (unpaired) electrons. The predicted octanol–water partition coefficient (Wildman–Crippen LogP) is 7.27. The molecule has 1 atom stereocenters. The number of para-hydroxylation sites is 1. The van der Waals surface area contributed by atoms with Gasteiger partial charge in [0.05, 0.1) is 21.9 Å². The summed E-state index contributed by atoms with van der Waals surface area (Å²) in [5, 5.41) is 0.519. The van der Waals surface area contributed by atoms with Gasteiger partial charge in [0, 0.05) is 16.6 Å². The molecule has 4 rings (SSSR count). The van der Waals surface area contributed by atoms with Crippen LogP contribution in [0.3, 0.4) is 0 Å². The summed E-state index contributed by atoms with van der Waals surface area (Å²) in [5.74, 6) is -0.206. The van der Waals surface area contributed by atoms with Crippen molar-refractivity contribution < 1.29 is 21.9 Å². The maximum atomic E-state index is 13.6. The molecule has 0 amide bonds. The van der Waals surface area contributed by atoms with Gasteiger partial charge in [0.15, 0.2) is 11.1 Å². The van der Waals surface area contributed by atoms with Gasteiger partial charge in [-0.25, -0.2) is 4.21 Å². The number of hydrogen-bond donors (Lipinski definition) is 1. The summed E-state index contributed by atoms with van der Waals surface area (Å²) >= 11 is 4.49. The Morgan fingerprint density at radius 2 is 1.69 bits per heavy atom. The van der Waals surface area contributed by atoms with Gasteiger partial charge in [0.2, 0.25) is 0 Å². The summed E-state index contributed by atoms with van der Waals surface area (Å²) in [5.41, 5.74) is 2.38. The fraction of sp³-hybridized carbons (Fsp3) is 0.125. The zero-order valence-electron chi connectivity index (χ0n) is 16.8. The lowest BCUT2D eigenvalue weighted by Gasteiger charge is -2.17. The Kier molecular flexibility index (Phi) is 6.07. The molecule has 1 heterocycles. The highest BCUT2D eigenvalue weighted by molar-refractivity contribution is 7.78. The molecule has 0 fully saturated rings. The molecule has 4 aromatic rings. The normalized spacial score (nSPS) is 12.8. The van der Waals surface area contributed by atoms with E-state index in [-0.39, 0.29) is 16.3 Å². The maximum Gasteiger partial charge on any atom is 0.418 e. The summed E-state index contributed by atoms with van der Waals surface area (Å²) in [7, 11) is 0. The second kappa shape index (κ2) is 8.65. The Morgan fingerprint density at radius 1 is 0.969 bits per heavy atom. The average Bonchev–Trinajstić information content (AvgIpc) is 2.74. The lowest BCUT2D eigenvalue weighted by molar-refractivity contribution is -0.136. The van der Waals surface area contributed by atoms with Crippen molar-refractivity contribution in [3.63, 3.8) is 0 Å². The highest BCUT2D eigenvalue weighted by atomic mass is 35.5. The van der Waals surface area contributed by atoms with Crippen molar-refractivity contribution in [3.8, 4) is 22.3 Å². The molecule has 1 N–H and O–H groups in total. The largest absolute Gasteiger partial charge is 0.418 e. The third-order valence-corrected chi connectivity index (χ3v) is 6.10. The van der Waals surface area contributed by atoms with E-state index in [1.54, 1.807) is 31.2 Å². The van der Waals surface area contributed by atoms with Crippen molar-refractivity contribution in [2.24, 2.45) is 0 Å². The van der Waals surface area contributed by atoms with Crippen LogP contribution < -0.4 is 0 Å². The van der Waals surface area contributed by atoms with Crippen molar-refractivity contribution in [2.45, 2.75) is 18.9 Å². The Labute approximate surface area is 190 Å². The fourth-order valence-electron chi connectivity index (χ4n) is 3.74. The SMILES string of the molecule is Cc1cc(-c2cc(-c3ccccc3)cc(CS(=O)O)c2Cl)c2cccc(C(F)(F)F)c2n1. The first kappa shape index (κ1) is 22.5. The summed E-state index contributed by atoms with van der Waals surface area (Å²) < 4.78 is 61.9. The van der Waals surface area contributed by atoms with Crippen LogP contribution in [0.4, 0.5) is 13.2 Å².